The van der Waals surface area contributed by atoms with Gasteiger partial charge in [-0.25, -0.2) is 0 Å². The molecule has 0 saturated carbocycles. The summed E-state index contributed by atoms with van der Waals surface area (Å²) in [6.07, 6.45) is 1.43. The fourth-order valence-electron chi connectivity index (χ4n) is 1.52. The third-order valence-corrected chi connectivity index (χ3v) is 2.42. The van der Waals surface area contributed by atoms with Gasteiger partial charge in [0.15, 0.2) is 5.82 Å². The van der Waals surface area contributed by atoms with Crippen LogP contribution >= 0.6 is 0 Å². The molecular formula is C12H9N5O2. The monoisotopic (exact) mass is 255 g/mol. The van der Waals surface area contributed by atoms with E-state index in [1.165, 1.54) is 18.3 Å². The molecule has 94 valence electrons. The van der Waals surface area contributed by atoms with E-state index in [-0.39, 0.29) is 5.69 Å². The molecular weight excluding hydrogens is 246 g/mol. The van der Waals surface area contributed by atoms with Gasteiger partial charge in [0, 0.05) is 18.7 Å². The molecule has 0 aliphatic rings. The largest absolute Gasteiger partial charge is 0.363 e. The molecule has 1 aromatic heterocycles. The fourth-order valence-corrected chi connectivity index (χ4v) is 1.52. The minimum absolute atomic E-state index is 0.0268. The van der Waals surface area contributed by atoms with Gasteiger partial charge in [0.1, 0.15) is 6.07 Å². The summed E-state index contributed by atoms with van der Waals surface area (Å²) < 4.78 is 0. The van der Waals surface area contributed by atoms with Crippen LogP contribution in [0.3, 0.4) is 0 Å². The lowest BCUT2D eigenvalue weighted by Gasteiger charge is -2.05. The average Bonchev–Trinajstić information content (AvgIpc) is 2.45. The second-order valence-electron chi connectivity index (χ2n) is 3.69. The van der Waals surface area contributed by atoms with E-state index in [2.05, 4.69) is 15.5 Å². The Morgan fingerprint density at radius 2 is 2.26 bits per heavy atom. The van der Waals surface area contributed by atoms with Crippen molar-refractivity contribution >= 4 is 11.5 Å². The number of hydrogen-bond acceptors (Lipinski definition) is 6. The Balaban J connectivity index is 2.13. The number of anilines is 1. The van der Waals surface area contributed by atoms with Crippen LogP contribution in [0.5, 0.6) is 0 Å². The first-order chi connectivity index (χ1) is 9.20. The molecule has 0 bridgehead atoms. The molecule has 0 unspecified atom stereocenters. The molecule has 2 aromatic rings. The maximum atomic E-state index is 10.6. The first-order valence-electron chi connectivity index (χ1n) is 5.39. The number of nitrogens with zero attached hydrogens (tertiary/aromatic N) is 4. The summed E-state index contributed by atoms with van der Waals surface area (Å²) >= 11 is 0. The van der Waals surface area contributed by atoms with E-state index in [1.54, 1.807) is 18.2 Å². The van der Waals surface area contributed by atoms with Gasteiger partial charge in [-0.3, -0.25) is 10.1 Å². The van der Waals surface area contributed by atoms with Gasteiger partial charge in [0.25, 0.3) is 5.69 Å². The predicted molar refractivity (Wildman–Crippen MR) is 67.2 cm³/mol. The number of nitrogens with one attached hydrogen (secondary N) is 1. The lowest BCUT2D eigenvalue weighted by atomic mass is 10.2. The van der Waals surface area contributed by atoms with Gasteiger partial charge < -0.3 is 5.32 Å². The first-order valence-corrected chi connectivity index (χ1v) is 5.39. The Bertz CT molecular complexity index is 651. The maximum Gasteiger partial charge on any atom is 0.269 e. The van der Waals surface area contributed by atoms with E-state index in [4.69, 9.17) is 5.26 Å². The van der Waals surface area contributed by atoms with Crippen molar-refractivity contribution < 1.29 is 4.92 Å². The first kappa shape index (κ1) is 12.4. The van der Waals surface area contributed by atoms with Gasteiger partial charge >= 0.3 is 0 Å². The molecule has 0 aliphatic heterocycles. The van der Waals surface area contributed by atoms with Crippen LogP contribution in [-0.4, -0.2) is 15.1 Å². The Hall–Kier alpha value is -3.01. The van der Waals surface area contributed by atoms with Crippen LogP contribution in [0.4, 0.5) is 11.5 Å². The van der Waals surface area contributed by atoms with E-state index in [0.717, 1.165) is 5.56 Å². The summed E-state index contributed by atoms with van der Waals surface area (Å²) in [5, 5.41) is 29.9. The van der Waals surface area contributed by atoms with Crippen LogP contribution in [0.15, 0.2) is 36.5 Å². The number of benzene rings is 1. The number of rotatable bonds is 4. The third-order valence-electron chi connectivity index (χ3n) is 2.42. The molecule has 0 radical (unpaired) electrons. The number of aromatic nitrogens is 2. The highest BCUT2D eigenvalue weighted by atomic mass is 16.6. The highest BCUT2D eigenvalue weighted by Gasteiger charge is 2.07. The molecule has 0 fully saturated rings. The van der Waals surface area contributed by atoms with Crippen molar-refractivity contribution in [1.82, 2.24) is 10.2 Å². The molecule has 0 atom stereocenters. The van der Waals surface area contributed by atoms with Gasteiger partial charge in [0.2, 0.25) is 0 Å². The lowest BCUT2D eigenvalue weighted by molar-refractivity contribution is -0.384. The van der Waals surface area contributed by atoms with Crippen LogP contribution in [0.2, 0.25) is 0 Å². The van der Waals surface area contributed by atoms with E-state index >= 15 is 0 Å². The van der Waals surface area contributed by atoms with Crippen molar-refractivity contribution in [3.8, 4) is 6.07 Å². The molecule has 1 aromatic carbocycles. The number of nitriles is 1. The smallest absolute Gasteiger partial charge is 0.269 e. The molecule has 2 rings (SSSR count). The van der Waals surface area contributed by atoms with Crippen LogP contribution in [0.25, 0.3) is 0 Å². The second kappa shape index (κ2) is 5.55. The third kappa shape index (κ3) is 3.01. The fraction of sp³-hybridized carbons (Fsp3) is 0.0833. The molecule has 0 amide bonds. The van der Waals surface area contributed by atoms with E-state index < -0.39 is 4.92 Å². The Morgan fingerprint density at radius 3 is 3.00 bits per heavy atom. The van der Waals surface area contributed by atoms with Crippen molar-refractivity contribution in [1.29, 1.82) is 5.26 Å². The number of non-ortho nitro benzene ring substituents is 1. The Morgan fingerprint density at radius 1 is 1.42 bits per heavy atom. The molecule has 0 spiro atoms. The summed E-state index contributed by atoms with van der Waals surface area (Å²) in [5.41, 5.74) is 1.13. The van der Waals surface area contributed by atoms with Crippen LogP contribution < -0.4 is 5.32 Å². The van der Waals surface area contributed by atoms with Crippen LogP contribution in [0.1, 0.15) is 11.1 Å². The SMILES string of the molecule is N#Cc1ccnnc1NCc1cccc([N+](=O)[O-])c1. The topological polar surface area (TPSA) is 105 Å². The van der Waals surface area contributed by atoms with Crippen molar-refractivity contribution in [2.75, 3.05) is 5.32 Å². The van der Waals surface area contributed by atoms with Gasteiger partial charge in [0.05, 0.1) is 16.7 Å². The zero-order chi connectivity index (χ0) is 13.7. The zero-order valence-electron chi connectivity index (χ0n) is 9.78. The van der Waals surface area contributed by atoms with Crippen molar-refractivity contribution in [2.24, 2.45) is 0 Å². The predicted octanol–water partition coefficient (Wildman–Crippen LogP) is 1.87. The minimum Gasteiger partial charge on any atom is -0.363 e. The quantitative estimate of drug-likeness (QED) is 0.660. The van der Waals surface area contributed by atoms with Crippen molar-refractivity contribution in [3.63, 3.8) is 0 Å². The molecule has 19 heavy (non-hydrogen) atoms. The summed E-state index contributed by atoms with van der Waals surface area (Å²) in [7, 11) is 0. The highest BCUT2D eigenvalue weighted by molar-refractivity contribution is 5.50. The number of nitro benzene ring substituents is 1. The van der Waals surface area contributed by atoms with Gasteiger partial charge in [-0.1, -0.05) is 12.1 Å². The maximum absolute atomic E-state index is 10.6. The van der Waals surface area contributed by atoms with Gasteiger partial charge in [-0.2, -0.15) is 10.4 Å². The van der Waals surface area contributed by atoms with Crippen molar-refractivity contribution in [2.45, 2.75) is 6.54 Å². The van der Waals surface area contributed by atoms with E-state index in [9.17, 15) is 10.1 Å². The van der Waals surface area contributed by atoms with E-state index in [0.29, 0.717) is 17.9 Å². The summed E-state index contributed by atoms with van der Waals surface area (Å²) in [6, 6.07) is 9.78. The molecule has 0 saturated heterocycles. The summed E-state index contributed by atoms with van der Waals surface area (Å²) in [5.74, 6) is 0.358. The van der Waals surface area contributed by atoms with Crippen LogP contribution in [-0.2, 0) is 6.54 Å². The standard InChI is InChI=1S/C12H9N5O2/c13-7-10-4-5-15-16-12(10)14-8-9-2-1-3-11(6-9)17(18)19/h1-6H,8H2,(H,14,16). The minimum atomic E-state index is -0.452. The Labute approximate surface area is 108 Å². The lowest BCUT2D eigenvalue weighted by Crippen LogP contribution is -2.04. The molecule has 1 heterocycles. The Kier molecular flexibility index (Phi) is 3.64. The molecule has 0 aliphatic carbocycles. The normalized spacial score (nSPS) is 9.63. The zero-order valence-corrected chi connectivity index (χ0v) is 9.78. The average molecular weight is 255 g/mol. The van der Waals surface area contributed by atoms with Gasteiger partial charge in [-0.05, 0) is 11.6 Å². The molecule has 7 heteroatoms. The number of hydrogen-bond donors (Lipinski definition) is 1. The summed E-state index contributed by atoms with van der Waals surface area (Å²) in [4.78, 5) is 10.2. The second-order valence-corrected chi connectivity index (χ2v) is 3.69. The number of nitro groups is 1. The molecule has 1 N–H and O–H groups in total. The highest BCUT2D eigenvalue weighted by Crippen LogP contribution is 2.15. The molecule has 7 nitrogen and oxygen atoms in total. The van der Waals surface area contributed by atoms with Crippen molar-refractivity contribution in [3.05, 3.63) is 57.8 Å². The summed E-state index contributed by atoms with van der Waals surface area (Å²) in [6.45, 7) is 0.328. The van der Waals surface area contributed by atoms with Gasteiger partial charge in [-0.15, -0.1) is 5.10 Å². The van der Waals surface area contributed by atoms with Crippen LogP contribution in [0, 0.1) is 21.4 Å². The van der Waals surface area contributed by atoms with E-state index in [1.807, 2.05) is 6.07 Å².